The van der Waals surface area contributed by atoms with Crippen LogP contribution in [0.25, 0.3) is 0 Å². The van der Waals surface area contributed by atoms with Gasteiger partial charge in [-0.15, -0.1) is 0 Å². The monoisotopic (exact) mass is 378 g/mol. The molecule has 18 heavy (non-hydrogen) atoms. The number of hydrogen-bond donors (Lipinski definition) is 0. The van der Waals surface area contributed by atoms with Crippen molar-refractivity contribution in [1.82, 2.24) is 0 Å². The first-order valence-corrected chi connectivity index (χ1v) is 7.41. The second-order valence-electron chi connectivity index (χ2n) is 3.41. The summed E-state index contributed by atoms with van der Waals surface area (Å²) < 4.78 is 9.91. The fourth-order valence-electron chi connectivity index (χ4n) is 1.14. The zero-order valence-corrected chi connectivity index (χ0v) is 12.7. The van der Waals surface area contributed by atoms with Gasteiger partial charge in [-0.05, 0) is 11.1 Å². The summed E-state index contributed by atoms with van der Waals surface area (Å²) in [5.74, 6) is -0.601. The Morgan fingerprint density at radius 1 is 0.833 bits per heavy atom. The lowest BCUT2D eigenvalue weighted by Crippen LogP contribution is -2.06. The summed E-state index contributed by atoms with van der Waals surface area (Å²) in [4.78, 5) is 21.9. The van der Waals surface area contributed by atoms with E-state index in [4.69, 9.17) is 9.47 Å². The van der Waals surface area contributed by atoms with Gasteiger partial charge in [0.15, 0.2) is 0 Å². The maximum Gasteiger partial charge on any atom is 0.316 e. The lowest BCUT2D eigenvalue weighted by atomic mass is 10.1. The highest BCUT2D eigenvalue weighted by atomic mass is 79.9. The van der Waals surface area contributed by atoms with E-state index in [1.54, 1.807) is 0 Å². The molecule has 1 aromatic rings. The zero-order valence-electron chi connectivity index (χ0n) is 9.53. The molecule has 0 aliphatic carbocycles. The van der Waals surface area contributed by atoms with E-state index in [0.717, 1.165) is 11.1 Å². The summed E-state index contributed by atoms with van der Waals surface area (Å²) in [5.41, 5.74) is 1.78. The van der Waals surface area contributed by atoms with Crippen LogP contribution in [0.4, 0.5) is 0 Å². The summed E-state index contributed by atoms with van der Waals surface area (Å²) in [6, 6.07) is 7.33. The van der Waals surface area contributed by atoms with Gasteiger partial charge in [-0.1, -0.05) is 56.1 Å². The Balaban J connectivity index is 2.42. The van der Waals surface area contributed by atoms with E-state index in [9.17, 15) is 9.59 Å². The van der Waals surface area contributed by atoms with Crippen LogP contribution in [0.1, 0.15) is 11.1 Å². The third-order valence-electron chi connectivity index (χ3n) is 2.04. The van der Waals surface area contributed by atoms with E-state index in [2.05, 4.69) is 31.9 Å². The van der Waals surface area contributed by atoms with Crippen molar-refractivity contribution in [3.05, 3.63) is 35.4 Å². The van der Waals surface area contributed by atoms with Gasteiger partial charge >= 0.3 is 11.9 Å². The van der Waals surface area contributed by atoms with E-state index >= 15 is 0 Å². The minimum Gasteiger partial charge on any atom is -0.460 e. The number of carbonyl (C=O) groups excluding carboxylic acids is 2. The normalized spacial score (nSPS) is 9.89. The van der Waals surface area contributed by atoms with Crippen molar-refractivity contribution in [2.45, 2.75) is 13.2 Å². The Morgan fingerprint density at radius 2 is 1.17 bits per heavy atom. The Hall–Kier alpha value is -0.880. The molecule has 4 nitrogen and oxygen atoms in total. The van der Waals surface area contributed by atoms with Crippen molar-refractivity contribution < 1.29 is 19.1 Å². The van der Waals surface area contributed by atoms with Crippen molar-refractivity contribution in [1.29, 1.82) is 0 Å². The number of halogens is 2. The molecule has 0 radical (unpaired) electrons. The fraction of sp³-hybridized carbons (Fsp3) is 0.333. The number of carbonyl (C=O) groups is 2. The van der Waals surface area contributed by atoms with Crippen molar-refractivity contribution >= 4 is 43.8 Å². The maximum absolute atomic E-state index is 10.9. The second kappa shape index (κ2) is 8.26. The molecule has 0 aliphatic rings. The van der Waals surface area contributed by atoms with E-state index in [1.165, 1.54) is 0 Å². The number of benzene rings is 1. The molecule has 0 fully saturated rings. The Bertz CT molecular complexity index is 364. The molecule has 0 atom stereocenters. The van der Waals surface area contributed by atoms with Gasteiger partial charge in [-0.2, -0.15) is 0 Å². The lowest BCUT2D eigenvalue weighted by Gasteiger charge is -2.05. The second-order valence-corrected chi connectivity index (χ2v) is 4.53. The highest BCUT2D eigenvalue weighted by Gasteiger charge is 2.02. The molecule has 0 amide bonds. The van der Waals surface area contributed by atoms with Gasteiger partial charge in [0.1, 0.15) is 23.9 Å². The molecule has 6 heteroatoms. The van der Waals surface area contributed by atoms with Gasteiger partial charge in [0.25, 0.3) is 0 Å². The molecule has 0 aromatic heterocycles. The van der Waals surface area contributed by atoms with Crippen molar-refractivity contribution in [2.24, 2.45) is 0 Å². The van der Waals surface area contributed by atoms with Gasteiger partial charge in [-0.25, -0.2) is 0 Å². The van der Waals surface area contributed by atoms with Crippen LogP contribution in [0.15, 0.2) is 24.3 Å². The number of rotatable bonds is 6. The smallest absolute Gasteiger partial charge is 0.316 e. The third kappa shape index (κ3) is 5.64. The Kier molecular flexibility index (Phi) is 6.97. The summed E-state index contributed by atoms with van der Waals surface area (Å²) >= 11 is 6.03. The minimum absolute atomic E-state index is 0.188. The molecule has 0 saturated carbocycles. The van der Waals surface area contributed by atoms with E-state index in [1.807, 2.05) is 24.3 Å². The molecular formula is C12H12Br2O4. The fourth-order valence-corrected chi connectivity index (χ4v) is 1.46. The van der Waals surface area contributed by atoms with Crippen molar-refractivity contribution in [3.8, 4) is 0 Å². The summed E-state index contributed by atoms with van der Waals surface area (Å²) in [6.07, 6.45) is 0. The SMILES string of the molecule is O=C(CBr)OCc1ccc(COC(=O)CBr)cc1. The third-order valence-corrected chi connectivity index (χ3v) is 2.96. The van der Waals surface area contributed by atoms with Gasteiger partial charge in [0, 0.05) is 0 Å². The average Bonchev–Trinajstić information content (AvgIpc) is 2.43. The van der Waals surface area contributed by atoms with E-state index in [-0.39, 0.29) is 35.8 Å². The van der Waals surface area contributed by atoms with Gasteiger partial charge < -0.3 is 9.47 Å². The molecule has 1 rings (SSSR count). The van der Waals surface area contributed by atoms with E-state index in [0.29, 0.717) is 0 Å². The molecular weight excluding hydrogens is 368 g/mol. The first kappa shape index (κ1) is 15.2. The van der Waals surface area contributed by atoms with Crippen molar-refractivity contribution in [3.63, 3.8) is 0 Å². The number of ether oxygens (including phenoxy) is 2. The van der Waals surface area contributed by atoms with Crippen LogP contribution in [-0.4, -0.2) is 22.6 Å². The van der Waals surface area contributed by atoms with Gasteiger partial charge in [0.2, 0.25) is 0 Å². The molecule has 0 saturated heterocycles. The molecule has 0 heterocycles. The summed E-state index contributed by atoms with van der Waals surface area (Å²) in [5, 5.41) is 0.376. The van der Waals surface area contributed by atoms with Gasteiger partial charge in [-0.3, -0.25) is 9.59 Å². The van der Waals surface area contributed by atoms with Crippen LogP contribution in [-0.2, 0) is 32.3 Å². The molecule has 0 aliphatic heterocycles. The largest absolute Gasteiger partial charge is 0.460 e. The molecule has 0 spiro atoms. The molecule has 1 aromatic carbocycles. The Labute approximate surface area is 122 Å². The van der Waals surface area contributed by atoms with Crippen LogP contribution < -0.4 is 0 Å². The number of hydrogen-bond acceptors (Lipinski definition) is 4. The average molecular weight is 380 g/mol. The quantitative estimate of drug-likeness (QED) is 0.563. The molecule has 98 valence electrons. The summed E-state index contributed by atoms with van der Waals surface area (Å²) in [7, 11) is 0. The predicted octanol–water partition coefficient (Wildman–Crippen LogP) is 2.56. The molecule has 0 bridgehead atoms. The van der Waals surface area contributed by atoms with Crippen LogP contribution in [0.5, 0.6) is 0 Å². The first-order valence-electron chi connectivity index (χ1n) is 5.16. The Morgan fingerprint density at radius 3 is 1.44 bits per heavy atom. The van der Waals surface area contributed by atoms with Crippen LogP contribution in [0.3, 0.4) is 0 Å². The maximum atomic E-state index is 10.9. The zero-order chi connectivity index (χ0) is 13.4. The minimum atomic E-state index is -0.301. The molecule has 0 N–H and O–H groups in total. The first-order chi connectivity index (χ1) is 8.65. The number of esters is 2. The van der Waals surface area contributed by atoms with Crippen molar-refractivity contribution in [2.75, 3.05) is 10.7 Å². The van der Waals surface area contributed by atoms with Crippen LogP contribution >= 0.6 is 31.9 Å². The topological polar surface area (TPSA) is 52.6 Å². The van der Waals surface area contributed by atoms with E-state index < -0.39 is 0 Å². The lowest BCUT2D eigenvalue weighted by molar-refractivity contribution is -0.142. The summed E-state index contributed by atoms with van der Waals surface area (Å²) in [6.45, 7) is 0.484. The van der Waals surface area contributed by atoms with Gasteiger partial charge in [0.05, 0.1) is 0 Å². The highest BCUT2D eigenvalue weighted by molar-refractivity contribution is 9.09. The standard InChI is InChI=1S/C12H12Br2O4/c13-5-11(15)17-7-9-1-2-10(4-3-9)8-18-12(16)6-14/h1-4H,5-8H2. The predicted molar refractivity (Wildman–Crippen MR) is 73.6 cm³/mol. The molecule has 0 unspecified atom stereocenters. The van der Waals surface area contributed by atoms with Crippen LogP contribution in [0.2, 0.25) is 0 Å². The number of alkyl halides is 2. The highest BCUT2D eigenvalue weighted by Crippen LogP contribution is 2.08. The van der Waals surface area contributed by atoms with Crippen LogP contribution in [0, 0.1) is 0 Å².